The maximum absolute atomic E-state index is 12.5. The van der Waals surface area contributed by atoms with Gasteiger partial charge in [0.1, 0.15) is 11.5 Å². The van der Waals surface area contributed by atoms with Gasteiger partial charge in [-0.1, -0.05) is 12.1 Å². The van der Waals surface area contributed by atoms with Crippen molar-refractivity contribution < 1.29 is 14.3 Å². The Morgan fingerprint density at radius 3 is 2.43 bits per heavy atom. The lowest BCUT2D eigenvalue weighted by molar-refractivity contribution is 0.0938. The van der Waals surface area contributed by atoms with Gasteiger partial charge in [0.05, 0.1) is 25.3 Å². The Bertz CT molecular complexity index is 670. The molecule has 0 aromatic heterocycles. The van der Waals surface area contributed by atoms with E-state index in [9.17, 15) is 4.79 Å². The first kappa shape index (κ1) is 17.3. The Morgan fingerprint density at radius 2 is 1.83 bits per heavy atom. The van der Waals surface area contributed by atoms with Crippen molar-refractivity contribution >= 4 is 21.8 Å². The number of ether oxygens (including phenoxy) is 2. The quantitative estimate of drug-likeness (QED) is 0.813. The van der Waals surface area contributed by atoms with E-state index in [1.54, 1.807) is 25.3 Å². The molecular weight excluding hydrogens is 358 g/mol. The predicted molar refractivity (Wildman–Crippen MR) is 94.2 cm³/mol. The largest absolute Gasteiger partial charge is 0.497 e. The third-order valence-corrected chi connectivity index (χ3v) is 4.15. The summed E-state index contributed by atoms with van der Waals surface area (Å²) in [6.45, 7) is 4.53. The Kier molecular flexibility index (Phi) is 6.04. The maximum atomic E-state index is 12.5. The highest BCUT2D eigenvalue weighted by Crippen LogP contribution is 2.24. The highest BCUT2D eigenvalue weighted by molar-refractivity contribution is 9.10. The van der Waals surface area contributed by atoms with Gasteiger partial charge in [0, 0.05) is 4.47 Å². The number of nitrogens with one attached hydrogen (secondary N) is 1. The van der Waals surface area contributed by atoms with Crippen molar-refractivity contribution in [2.75, 3.05) is 13.7 Å². The van der Waals surface area contributed by atoms with Crippen LogP contribution in [0.2, 0.25) is 0 Å². The molecule has 0 radical (unpaired) electrons. The molecule has 0 aliphatic rings. The van der Waals surface area contributed by atoms with Crippen LogP contribution in [0.4, 0.5) is 0 Å². The van der Waals surface area contributed by atoms with Crippen LogP contribution in [0.15, 0.2) is 46.9 Å². The van der Waals surface area contributed by atoms with Crippen LogP contribution < -0.4 is 14.8 Å². The molecule has 1 amide bonds. The summed E-state index contributed by atoms with van der Waals surface area (Å²) >= 11 is 3.40. The summed E-state index contributed by atoms with van der Waals surface area (Å²) in [7, 11) is 1.58. The fraction of sp³-hybridized carbons (Fsp3) is 0.278. The molecule has 0 spiro atoms. The van der Waals surface area contributed by atoms with E-state index in [-0.39, 0.29) is 11.9 Å². The molecule has 0 aliphatic carbocycles. The van der Waals surface area contributed by atoms with Gasteiger partial charge in [-0.15, -0.1) is 0 Å². The molecule has 2 aromatic carbocycles. The molecule has 122 valence electrons. The molecule has 0 saturated carbocycles. The van der Waals surface area contributed by atoms with Crippen LogP contribution in [0.1, 0.15) is 35.8 Å². The van der Waals surface area contributed by atoms with Crippen LogP contribution in [-0.2, 0) is 0 Å². The topological polar surface area (TPSA) is 47.6 Å². The van der Waals surface area contributed by atoms with Crippen molar-refractivity contribution in [2.45, 2.75) is 19.9 Å². The minimum atomic E-state index is -0.155. The molecule has 1 N–H and O–H groups in total. The number of hydrogen-bond acceptors (Lipinski definition) is 3. The number of carbonyl (C=O) groups is 1. The number of hydrogen-bond donors (Lipinski definition) is 1. The molecular formula is C18H20BrNO3. The molecule has 0 fully saturated rings. The first-order valence-electron chi connectivity index (χ1n) is 7.42. The van der Waals surface area contributed by atoms with Crippen LogP contribution in [-0.4, -0.2) is 19.6 Å². The van der Waals surface area contributed by atoms with Gasteiger partial charge in [0.15, 0.2) is 0 Å². The van der Waals surface area contributed by atoms with E-state index in [0.29, 0.717) is 17.9 Å². The van der Waals surface area contributed by atoms with Gasteiger partial charge in [-0.2, -0.15) is 0 Å². The lowest BCUT2D eigenvalue weighted by Gasteiger charge is -2.16. The van der Waals surface area contributed by atoms with Crippen molar-refractivity contribution in [1.82, 2.24) is 5.32 Å². The third kappa shape index (κ3) is 4.48. The van der Waals surface area contributed by atoms with Crippen molar-refractivity contribution in [2.24, 2.45) is 0 Å². The van der Waals surface area contributed by atoms with Gasteiger partial charge in [0.2, 0.25) is 0 Å². The Labute approximate surface area is 144 Å². The minimum absolute atomic E-state index is 0.115. The van der Waals surface area contributed by atoms with E-state index >= 15 is 0 Å². The normalized spacial score (nSPS) is 11.7. The lowest BCUT2D eigenvalue weighted by Crippen LogP contribution is -2.27. The van der Waals surface area contributed by atoms with Crippen LogP contribution in [0.25, 0.3) is 0 Å². The Balaban J connectivity index is 2.10. The summed E-state index contributed by atoms with van der Waals surface area (Å²) < 4.78 is 11.3. The van der Waals surface area contributed by atoms with Crippen LogP contribution in [0, 0.1) is 0 Å². The average molecular weight is 378 g/mol. The third-order valence-electron chi connectivity index (χ3n) is 3.46. The van der Waals surface area contributed by atoms with Gasteiger partial charge in [-0.25, -0.2) is 0 Å². The van der Waals surface area contributed by atoms with Gasteiger partial charge >= 0.3 is 0 Å². The average Bonchev–Trinajstić information content (AvgIpc) is 2.56. The number of methoxy groups -OCH3 is 1. The number of rotatable bonds is 6. The fourth-order valence-electron chi connectivity index (χ4n) is 2.18. The number of benzene rings is 2. The first-order valence-corrected chi connectivity index (χ1v) is 8.21. The van der Waals surface area contributed by atoms with E-state index in [1.165, 1.54) is 0 Å². The molecule has 4 nitrogen and oxygen atoms in total. The van der Waals surface area contributed by atoms with Gasteiger partial charge < -0.3 is 14.8 Å². The van der Waals surface area contributed by atoms with Crippen LogP contribution in [0.3, 0.4) is 0 Å². The molecule has 5 heteroatoms. The molecule has 1 atom stereocenters. The van der Waals surface area contributed by atoms with E-state index in [4.69, 9.17) is 9.47 Å². The molecule has 0 bridgehead atoms. The summed E-state index contributed by atoms with van der Waals surface area (Å²) in [4.78, 5) is 12.5. The van der Waals surface area contributed by atoms with Crippen LogP contribution >= 0.6 is 15.9 Å². The summed E-state index contributed by atoms with van der Waals surface area (Å²) in [6, 6.07) is 12.9. The summed E-state index contributed by atoms with van der Waals surface area (Å²) in [5.74, 6) is 1.31. The smallest absolute Gasteiger partial charge is 0.253 e. The maximum Gasteiger partial charge on any atom is 0.253 e. The van der Waals surface area contributed by atoms with Gasteiger partial charge in [-0.3, -0.25) is 4.79 Å². The highest BCUT2D eigenvalue weighted by Gasteiger charge is 2.15. The number of halogens is 1. The van der Waals surface area contributed by atoms with Gasteiger partial charge in [-0.05, 0) is 65.7 Å². The molecule has 2 rings (SSSR count). The predicted octanol–water partition coefficient (Wildman–Crippen LogP) is 4.35. The van der Waals surface area contributed by atoms with E-state index in [0.717, 1.165) is 15.8 Å². The molecule has 23 heavy (non-hydrogen) atoms. The zero-order valence-electron chi connectivity index (χ0n) is 13.4. The van der Waals surface area contributed by atoms with Crippen molar-refractivity contribution in [1.29, 1.82) is 0 Å². The van der Waals surface area contributed by atoms with E-state index < -0.39 is 0 Å². The Hall–Kier alpha value is -2.01. The second-order valence-corrected chi connectivity index (χ2v) is 5.90. The van der Waals surface area contributed by atoms with Crippen molar-refractivity contribution in [3.05, 3.63) is 58.1 Å². The van der Waals surface area contributed by atoms with Crippen molar-refractivity contribution in [3.8, 4) is 11.5 Å². The SMILES string of the molecule is CCOc1ccc(C(C)NC(=O)c2cc(OC)ccc2Br)cc1. The second kappa shape index (κ2) is 8.02. The zero-order valence-corrected chi connectivity index (χ0v) is 15.0. The molecule has 1 unspecified atom stereocenters. The standard InChI is InChI=1S/C18H20BrNO3/c1-4-23-14-7-5-13(6-8-14)12(2)20-18(21)16-11-15(22-3)9-10-17(16)19/h5-12H,4H2,1-3H3,(H,20,21). The molecule has 0 aliphatic heterocycles. The Morgan fingerprint density at radius 1 is 1.17 bits per heavy atom. The highest BCUT2D eigenvalue weighted by atomic mass is 79.9. The zero-order chi connectivity index (χ0) is 16.8. The minimum Gasteiger partial charge on any atom is -0.497 e. The lowest BCUT2D eigenvalue weighted by atomic mass is 10.1. The second-order valence-electron chi connectivity index (χ2n) is 5.04. The number of amides is 1. The van der Waals surface area contributed by atoms with E-state index in [1.807, 2.05) is 38.1 Å². The van der Waals surface area contributed by atoms with Gasteiger partial charge in [0.25, 0.3) is 5.91 Å². The summed E-state index contributed by atoms with van der Waals surface area (Å²) in [5, 5.41) is 2.99. The molecule has 2 aromatic rings. The summed E-state index contributed by atoms with van der Waals surface area (Å²) in [5.41, 5.74) is 1.56. The van der Waals surface area contributed by atoms with E-state index in [2.05, 4.69) is 21.2 Å². The fourth-order valence-corrected chi connectivity index (χ4v) is 2.61. The summed E-state index contributed by atoms with van der Waals surface area (Å²) in [6.07, 6.45) is 0. The first-order chi connectivity index (χ1) is 11.0. The number of carbonyl (C=O) groups excluding carboxylic acids is 1. The monoisotopic (exact) mass is 377 g/mol. The molecule has 0 saturated heterocycles. The van der Waals surface area contributed by atoms with Crippen molar-refractivity contribution in [3.63, 3.8) is 0 Å². The van der Waals surface area contributed by atoms with Crippen LogP contribution in [0.5, 0.6) is 11.5 Å². The molecule has 0 heterocycles.